The Hall–Kier alpha value is -2.71. The maximum absolute atomic E-state index is 12.8. The summed E-state index contributed by atoms with van der Waals surface area (Å²) in [4.78, 5) is 18.5. The number of amides is 1. The second-order valence-corrected chi connectivity index (χ2v) is 9.44. The molecule has 1 aromatic carbocycles. The average Bonchev–Trinajstić information content (AvgIpc) is 3.03. The number of pyridine rings is 1. The summed E-state index contributed by atoms with van der Waals surface area (Å²) in [5, 5.41) is 2.70. The SMILES string of the molecule is CN(C)c1ccc(NC(=O)/C=C/c2ccc(S(=O)(=O)N3CCCCCC3)cc2)nc1. The number of aromatic nitrogens is 1. The largest absolute Gasteiger partial charge is 0.376 e. The molecule has 160 valence electrons. The van der Waals surface area contributed by atoms with Crippen LogP contribution in [-0.4, -0.2) is 50.8 Å². The van der Waals surface area contributed by atoms with Crippen LogP contribution in [0.1, 0.15) is 31.2 Å². The van der Waals surface area contributed by atoms with Crippen LogP contribution < -0.4 is 10.2 Å². The van der Waals surface area contributed by atoms with E-state index in [1.807, 2.05) is 25.1 Å². The zero-order chi connectivity index (χ0) is 21.6. The Labute approximate surface area is 178 Å². The van der Waals surface area contributed by atoms with Crippen molar-refractivity contribution < 1.29 is 13.2 Å². The van der Waals surface area contributed by atoms with Gasteiger partial charge in [0.25, 0.3) is 0 Å². The molecule has 2 aromatic rings. The molecule has 1 saturated heterocycles. The van der Waals surface area contributed by atoms with Gasteiger partial charge in [0.2, 0.25) is 15.9 Å². The molecule has 0 spiro atoms. The van der Waals surface area contributed by atoms with E-state index in [-0.39, 0.29) is 10.8 Å². The van der Waals surface area contributed by atoms with Gasteiger partial charge < -0.3 is 10.2 Å². The van der Waals surface area contributed by atoms with Crippen molar-refractivity contribution in [3.05, 3.63) is 54.2 Å². The molecule has 1 N–H and O–H groups in total. The topological polar surface area (TPSA) is 82.6 Å². The predicted octanol–water partition coefficient (Wildman–Crippen LogP) is 3.36. The molecular weight excluding hydrogens is 400 g/mol. The molecule has 0 aliphatic carbocycles. The van der Waals surface area contributed by atoms with Crippen LogP contribution in [-0.2, 0) is 14.8 Å². The molecule has 1 amide bonds. The van der Waals surface area contributed by atoms with Crippen LogP contribution in [0.25, 0.3) is 6.08 Å². The van der Waals surface area contributed by atoms with E-state index in [0.29, 0.717) is 18.9 Å². The van der Waals surface area contributed by atoms with Crippen molar-refractivity contribution in [1.82, 2.24) is 9.29 Å². The summed E-state index contributed by atoms with van der Waals surface area (Å²) in [5.41, 5.74) is 1.69. The van der Waals surface area contributed by atoms with Gasteiger partial charge >= 0.3 is 0 Å². The highest BCUT2D eigenvalue weighted by Gasteiger charge is 2.24. The third kappa shape index (κ3) is 5.67. The van der Waals surface area contributed by atoms with Crippen LogP contribution in [0, 0.1) is 0 Å². The van der Waals surface area contributed by atoms with E-state index in [0.717, 1.165) is 36.9 Å². The highest BCUT2D eigenvalue weighted by Crippen LogP contribution is 2.21. The van der Waals surface area contributed by atoms with Gasteiger partial charge in [-0.15, -0.1) is 0 Å². The maximum Gasteiger partial charge on any atom is 0.249 e. The van der Waals surface area contributed by atoms with E-state index in [2.05, 4.69) is 10.3 Å². The Morgan fingerprint density at radius 1 is 1.03 bits per heavy atom. The summed E-state index contributed by atoms with van der Waals surface area (Å²) >= 11 is 0. The zero-order valence-electron chi connectivity index (χ0n) is 17.4. The van der Waals surface area contributed by atoms with Gasteiger partial charge in [-0.3, -0.25) is 4.79 Å². The smallest absolute Gasteiger partial charge is 0.249 e. The molecule has 0 unspecified atom stereocenters. The van der Waals surface area contributed by atoms with E-state index < -0.39 is 10.0 Å². The molecule has 30 heavy (non-hydrogen) atoms. The lowest BCUT2D eigenvalue weighted by molar-refractivity contribution is -0.111. The van der Waals surface area contributed by atoms with Crippen LogP contribution >= 0.6 is 0 Å². The number of benzene rings is 1. The predicted molar refractivity (Wildman–Crippen MR) is 120 cm³/mol. The van der Waals surface area contributed by atoms with Crippen LogP contribution in [0.3, 0.4) is 0 Å². The Morgan fingerprint density at radius 2 is 1.70 bits per heavy atom. The molecule has 0 bridgehead atoms. The highest BCUT2D eigenvalue weighted by atomic mass is 32.2. The molecule has 0 atom stereocenters. The molecule has 1 aliphatic heterocycles. The molecule has 1 aliphatic rings. The minimum atomic E-state index is -3.47. The van der Waals surface area contributed by atoms with Gasteiger partial charge in [-0.2, -0.15) is 4.31 Å². The summed E-state index contributed by atoms with van der Waals surface area (Å²) in [7, 11) is 0.373. The van der Waals surface area contributed by atoms with Crippen molar-refractivity contribution in [1.29, 1.82) is 0 Å². The molecule has 1 aromatic heterocycles. The first-order chi connectivity index (χ1) is 14.4. The molecule has 2 heterocycles. The Morgan fingerprint density at radius 3 is 2.27 bits per heavy atom. The van der Waals surface area contributed by atoms with Crippen LogP contribution in [0.2, 0.25) is 0 Å². The number of hydrogen-bond acceptors (Lipinski definition) is 5. The quantitative estimate of drug-likeness (QED) is 0.714. The normalized spacial score (nSPS) is 15.7. The Balaban J connectivity index is 1.61. The van der Waals surface area contributed by atoms with Gasteiger partial charge in [-0.1, -0.05) is 25.0 Å². The fraction of sp³-hybridized carbons (Fsp3) is 0.364. The summed E-state index contributed by atoms with van der Waals surface area (Å²) in [6, 6.07) is 10.2. The van der Waals surface area contributed by atoms with E-state index >= 15 is 0 Å². The highest BCUT2D eigenvalue weighted by molar-refractivity contribution is 7.89. The number of nitrogens with one attached hydrogen (secondary N) is 1. The third-order valence-electron chi connectivity index (χ3n) is 5.03. The van der Waals surface area contributed by atoms with Gasteiger partial charge in [0.15, 0.2) is 0 Å². The molecular formula is C22H28N4O3S. The van der Waals surface area contributed by atoms with E-state index in [1.165, 1.54) is 6.08 Å². The zero-order valence-corrected chi connectivity index (χ0v) is 18.2. The second-order valence-electron chi connectivity index (χ2n) is 7.51. The van der Waals surface area contributed by atoms with E-state index in [1.54, 1.807) is 46.9 Å². The number of rotatable bonds is 6. The Kier molecular flexibility index (Phi) is 7.23. The van der Waals surface area contributed by atoms with Crippen LogP contribution in [0.5, 0.6) is 0 Å². The van der Waals surface area contributed by atoms with Crippen molar-refractivity contribution in [3.63, 3.8) is 0 Å². The molecule has 7 nitrogen and oxygen atoms in total. The van der Waals surface area contributed by atoms with Gasteiger partial charge in [0, 0.05) is 33.3 Å². The first kappa shape index (κ1) is 22.0. The number of hydrogen-bond donors (Lipinski definition) is 1. The fourth-order valence-electron chi connectivity index (χ4n) is 3.25. The van der Waals surface area contributed by atoms with Crippen molar-refractivity contribution in [3.8, 4) is 0 Å². The summed E-state index contributed by atoms with van der Waals surface area (Å²) in [6.45, 7) is 1.15. The first-order valence-electron chi connectivity index (χ1n) is 10.1. The first-order valence-corrected chi connectivity index (χ1v) is 11.5. The number of carbonyl (C=O) groups excluding carboxylic acids is 1. The standard InChI is InChI=1S/C22H28N4O3S/c1-25(2)19-10-13-21(23-17-19)24-22(27)14-9-18-7-11-20(12-8-18)30(28,29)26-15-5-3-4-6-16-26/h7-14,17H,3-6,15-16H2,1-2H3,(H,23,24,27)/b14-9+. The molecule has 3 rings (SSSR count). The van der Waals surface area contributed by atoms with Crippen molar-refractivity contribution in [2.45, 2.75) is 30.6 Å². The van der Waals surface area contributed by atoms with Crippen molar-refractivity contribution >= 4 is 33.5 Å². The summed E-state index contributed by atoms with van der Waals surface area (Å²) in [6.07, 6.45) is 8.69. The number of carbonyl (C=O) groups is 1. The second kappa shape index (κ2) is 9.86. The van der Waals surface area contributed by atoms with Gasteiger partial charge in [0.1, 0.15) is 5.82 Å². The monoisotopic (exact) mass is 428 g/mol. The molecule has 0 saturated carbocycles. The number of anilines is 2. The van der Waals surface area contributed by atoms with Gasteiger partial charge in [-0.25, -0.2) is 13.4 Å². The van der Waals surface area contributed by atoms with Crippen LogP contribution in [0.4, 0.5) is 11.5 Å². The molecule has 1 fully saturated rings. The van der Waals surface area contributed by atoms with Crippen LogP contribution in [0.15, 0.2) is 53.6 Å². The molecule has 8 heteroatoms. The van der Waals surface area contributed by atoms with Crippen molar-refractivity contribution in [2.75, 3.05) is 37.4 Å². The Bertz CT molecular complexity index is 976. The lowest BCUT2D eigenvalue weighted by Crippen LogP contribution is -2.31. The van der Waals surface area contributed by atoms with E-state index in [4.69, 9.17) is 0 Å². The summed E-state index contributed by atoms with van der Waals surface area (Å²) in [5.74, 6) is 0.163. The molecule has 0 radical (unpaired) electrons. The van der Waals surface area contributed by atoms with Crippen molar-refractivity contribution in [2.24, 2.45) is 0 Å². The lowest BCUT2D eigenvalue weighted by atomic mass is 10.2. The lowest BCUT2D eigenvalue weighted by Gasteiger charge is -2.19. The summed E-state index contributed by atoms with van der Waals surface area (Å²) < 4.78 is 27.2. The minimum Gasteiger partial charge on any atom is -0.376 e. The minimum absolute atomic E-state index is 0.288. The maximum atomic E-state index is 12.8. The van der Waals surface area contributed by atoms with E-state index in [9.17, 15) is 13.2 Å². The third-order valence-corrected chi connectivity index (χ3v) is 6.94. The van der Waals surface area contributed by atoms with Gasteiger partial charge in [-0.05, 0) is 48.7 Å². The number of sulfonamides is 1. The fourth-order valence-corrected chi connectivity index (χ4v) is 4.76. The van der Waals surface area contributed by atoms with Gasteiger partial charge in [0.05, 0.1) is 16.8 Å². The average molecular weight is 429 g/mol. The number of nitrogens with zero attached hydrogens (tertiary/aromatic N) is 3.